The molecule has 16 heavy (non-hydrogen) atoms. The summed E-state index contributed by atoms with van der Waals surface area (Å²) < 4.78 is 13.3. The molecule has 2 N–H and O–H groups in total. The molecule has 0 bridgehead atoms. The molecular weight excluding hydrogens is 203 g/mol. The van der Waals surface area contributed by atoms with Crippen LogP contribution in [0.1, 0.15) is 25.8 Å². The molecule has 1 unspecified atom stereocenters. The molecule has 88 valence electrons. The van der Waals surface area contributed by atoms with Crippen molar-refractivity contribution in [1.82, 2.24) is 0 Å². The van der Waals surface area contributed by atoms with Gasteiger partial charge in [-0.15, -0.1) is 0 Å². The molecule has 0 saturated heterocycles. The van der Waals surface area contributed by atoms with Crippen LogP contribution in [-0.4, -0.2) is 18.6 Å². The van der Waals surface area contributed by atoms with Gasteiger partial charge in [0, 0.05) is 24.3 Å². The first kappa shape index (κ1) is 11.4. The third kappa shape index (κ3) is 1.69. The van der Waals surface area contributed by atoms with E-state index in [1.165, 1.54) is 11.6 Å². The Labute approximate surface area is 96.2 Å². The molecular formula is C13H19FN2. The summed E-state index contributed by atoms with van der Waals surface area (Å²) in [4.78, 5) is 2.26. The topological polar surface area (TPSA) is 29.3 Å². The lowest BCUT2D eigenvalue weighted by molar-refractivity contribution is 0.424. The van der Waals surface area contributed by atoms with Gasteiger partial charge in [0.2, 0.25) is 0 Å². The van der Waals surface area contributed by atoms with Gasteiger partial charge in [0.05, 0.1) is 0 Å². The second-order valence-corrected chi connectivity index (χ2v) is 4.73. The summed E-state index contributed by atoms with van der Waals surface area (Å²) in [5.41, 5.74) is 8.05. The predicted octanol–water partition coefficient (Wildman–Crippen LogP) is 2.32. The van der Waals surface area contributed by atoms with Crippen LogP contribution >= 0.6 is 0 Å². The molecule has 0 radical (unpaired) electrons. The van der Waals surface area contributed by atoms with Crippen LogP contribution in [-0.2, 0) is 6.42 Å². The van der Waals surface area contributed by atoms with E-state index in [0.29, 0.717) is 6.54 Å². The van der Waals surface area contributed by atoms with Gasteiger partial charge < -0.3 is 10.6 Å². The fourth-order valence-corrected chi connectivity index (χ4v) is 2.36. The van der Waals surface area contributed by atoms with Crippen molar-refractivity contribution in [3.8, 4) is 0 Å². The Morgan fingerprint density at radius 2 is 2.25 bits per heavy atom. The van der Waals surface area contributed by atoms with Crippen molar-refractivity contribution in [2.75, 3.05) is 18.0 Å². The highest BCUT2D eigenvalue weighted by Gasteiger charge is 2.33. The minimum atomic E-state index is -0.166. The maximum absolute atomic E-state index is 13.3. The number of fused-ring (bicyclic) bond motifs is 1. The number of hydrogen-bond donors (Lipinski definition) is 1. The molecule has 0 fully saturated rings. The monoisotopic (exact) mass is 222 g/mol. The fourth-order valence-electron chi connectivity index (χ4n) is 2.36. The van der Waals surface area contributed by atoms with Gasteiger partial charge in [-0.3, -0.25) is 0 Å². The minimum Gasteiger partial charge on any atom is -0.364 e. The molecule has 0 saturated carbocycles. The Morgan fingerprint density at radius 3 is 2.88 bits per heavy atom. The summed E-state index contributed by atoms with van der Waals surface area (Å²) >= 11 is 0. The van der Waals surface area contributed by atoms with E-state index in [4.69, 9.17) is 5.73 Å². The van der Waals surface area contributed by atoms with Crippen LogP contribution in [0.25, 0.3) is 0 Å². The van der Waals surface area contributed by atoms with Crippen LogP contribution in [0.15, 0.2) is 18.2 Å². The minimum absolute atomic E-state index is 0.0565. The maximum Gasteiger partial charge on any atom is 0.125 e. The molecule has 2 nitrogen and oxygen atoms in total. The first-order valence-electron chi connectivity index (χ1n) is 5.87. The predicted molar refractivity (Wildman–Crippen MR) is 65.2 cm³/mol. The fraction of sp³-hybridized carbons (Fsp3) is 0.538. The number of nitrogens with zero attached hydrogens (tertiary/aromatic N) is 1. The number of rotatable bonds is 3. The quantitative estimate of drug-likeness (QED) is 0.850. The van der Waals surface area contributed by atoms with E-state index >= 15 is 0 Å². The van der Waals surface area contributed by atoms with Crippen LogP contribution in [0.4, 0.5) is 10.1 Å². The average Bonchev–Trinajstić information content (AvgIpc) is 2.71. The van der Waals surface area contributed by atoms with E-state index in [2.05, 4.69) is 18.7 Å². The molecule has 1 atom stereocenters. The Hall–Kier alpha value is -1.09. The smallest absolute Gasteiger partial charge is 0.125 e. The van der Waals surface area contributed by atoms with Gasteiger partial charge in [-0.1, -0.05) is 13.0 Å². The first-order chi connectivity index (χ1) is 7.60. The van der Waals surface area contributed by atoms with Crippen molar-refractivity contribution in [3.05, 3.63) is 29.6 Å². The van der Waals surface area contributed by atoms with Gasteiger partial charge in [0.15, 0.2) is 0 Å². The van der Waals surface area contributed by atoms with E-state index < -0.39 is 0 Å². The number of anilines is 1. The van der Waals surface area contributed by atoms with Crippen LogP contribution in [0.5, 0.6) is 0 Å². The molecule has 1 aromatic rings. The third-order valence-electron chi connectivity index (χ3n) is 3.80. The van der Waals surface area contributed by atoms with Gasteiger partial charge in [-0.05, 0) is 37.5 Å². The highest BCUT2D eigenvalue weighted by molar-refractivity contribution is 5.60. The molecule has 3 heteroatoms. The summed E-state index contributed by atoms with van der Waals surface area (Å²) in [5.74, 6) is -0.166. The summed E-state index contributed by atoms with van der Waals surface area (Å²) in [6, 6.07) is 5.05. The number of hydrogen-bond acceptors (Lipinski definition) is 2. The SMILES string of the molecule is CCC(C)(CN)N1CCc2ccc(F)cc21. The van der Waals surface area contributed by atoms with Crippen LogP contribution in [0.2, 0.25) is 0 Å². The Kier molecular flexibility index (Phi) is 2.89. The standard InChI is InChI=1S/C13H19FN2/c1-3-13(2,9-15)16-7-6-10-4-5-11(14)8-12(10)16/h4-5,8H,3,6-7,9,15H2,1-2H3. The summed E-state index contributed by atoms with van der Waals surface area (Å²) in [6.07, 6.45) is 1.96. The highest BCUT2D eigenvalue weighted by atomic mass is 19.1. The highest BCUT2D eigenvalue weighted by Crippen LogP contribution is 2.35. The van der Waals surface area contributed by atoms with Gasteiger partial charge in [0.25, 0.3) is 0 Å². The molecule has 2 rings (SSSR count). The second-order valence-electron chi connectivity index (χ2n) is 4.73. The number of nitrogens with two attached hydrogens (primary N) is 1. The van der Waals surface area contributed by atoms with Gasteiger partial charge in [0.1, 0.15) is 5.82 Å². The van der Waals surface area contributed by atoms with Crippen LogP contribution in [0, 0.1) is 5.82 Å². The largest absolute Gasteiger partial charge is 0.364 e. The lowest BCUT2D eigenvalue weighted by Gasteiger charge is -2.39. The van der Waals surface area contributed by atoms with E-state index in [-0.39, 0.29) is 11.4 Å². The third-order valence-corrected chi connectivity index (χ3v) is 3.80. The van der Waals surface area contributed by atoms with Crippen LogP contribution < -0.4 is 10.6 Å². The normalized spacial score (nSPS) is 18.4. The van der Waals surface area contributed by atoms with Crippen LogP contribution in [0.3, 0.4) is 0 Å². The van der Waals surface area contributed by atoms with E-state index in [1.807, 2.05) is 6.07 Å². The summed E-state index contributed by atoms with van der Waals surface area (Å²) in [7, 11) is 0. The zero-order chi connectivity index (χ0) is 11.8. The molecule has 1 aliphatic rings. The zero-order valence-electron chi connectivity index (χ0n) is 9.96. The van der Waals surface area contributed by atoms with Gasteiger partial charge in [-0.25, -0.2) is 4.39 Å². The van der Waals surface area contributed by atoms with E-state index in [9.17, 15) is 4.39 Å². The van der Waals surface area contributed by atoms with Crippen molar-refractivity contribution in [2.45, 2.75) is 32.2 Å². The van der Waals surface area contributed by atoms with Crippen molar-refractivity contribution >= 4 is 5.69 Å². The molecule has 0 aromatic heterocycles. The summed E-state index contributed by atoms with van der Waals surface area (Å²) in [5, 5.41) is 0. The second kappa shape index (κ2) is 4.06. The lowest BCUT2D eigenvalue weighted by Crippen LogP contribution is -2.50. The van der Waals surface area contributed by atoms with Crippen molar-refractivity contribution in [2.24, 2.45) is 5.73 Å². The summed E-state index contributed by atoms with van der Waals surface area (Å²) in [6.45, 7) is 5.82. The van der Waals surface area contributed by atoms with E-state index in [1.54, 1.807) is 6.07 Å². The first-order valence-corrected chi connectivity index (χ1v) is 5.87. The average molecular weight is 222 g/mol. The molecule has 1 aromatic carbocycles. The van der Waals surface area contributed by atoms with Crippen molar-refractivity contribution in [1.29, 1.82) is 0 Å². The molecule has 1 aliphatic heterocycles. The van der Waals surface area contributed by atoms with E-state index in [0.717, 1.165) is 25.1 Å². The number of benzene rings is 1. The van der Waals surface area contributed by atoms with Crippen molar-refractivity contribution < 1.29 is 4.39 Å². The Morgan fingerprint density at radius 1 is 1.50 bits per heavy atom. The molecule has 0 spiro atoms. The van der Waals surface area contributed by atoms with Gasteiger partial charge >= 0.3 is 0 Å². The zero-order valence-corrected chi connectivity index (χ0v) is 9.96. The maximum atomic E-state index is 13.3. The molecule has 0 amide bonds. The molecule has 0 aliphatic carbocycles. The molecule has 1 heterocycles. The number of halogens is 1. The Balaban J connectivity index is 2.39. The lowest BCUT2D eigenvalue weighted by atomic mass is 9.96. The Bertz CT molecular complexity index is 386. The van der Waals surface area contributed by atoms with Crippen molar-refractivity contribution in [3.63, 3.8) is 0 Å². The van der Waals surface area contributed by atoms with Gasteiger partial charge in [-0.2, -0.15) is 0 Å².